The maximum absolute atomic E-state index is 13.0. The van der Waals surface area contributed by atoms with Crippen molar-refractivity contribution < 1.29 is 9.18 Å². The first-order valence-electron chi connectivity index (χ1n) is 6.02. The standard InChI is InChI=1S/C15H10ClFN2O/c16-15-14-10(5-7-18-15)6-8-19(13(14)9-20)12-3-1-11(17)2-4-12/h1-9,13H. The first kappa shape index (κ1) is 12.8. The summed E-state index contributed by atoms with van der Waals surface area (Å²) in [6.07, 6.45) is 6.04. The molecule has 1 atom stereocenters. The third-order valence-corrected chi connectivity index (χ3v) is 3.54. The van der Waals surface area contributed by atoms with E-state index in [9.17, 15) is 9.18 Å². The van der Waals surface area contributed by atoms with Gasteiger partial charge in [-0.1, -0.05) is 11.6 Å². The van der Waals surface area contributed by atoms with Crippen molar-refractivity contribution >= 4 is 29.7 Å². The van der Waals surface area contributed by atoms with Crippen molar-refractivity contribution in [2.75, 3.05) is 4.90 Å². The number of aldehydes is 1. The van der Waals surface area contributed by atoms with Crippen molar-refractivity contribution in [1.29, 1.82) is 0 Å². The monoisotopic (exact) mass is 288 g/mol. The lowest BCUT2D eigenvalue weighted by molar-refractivity contribution is -0.109. The van der Waals surface area contributed by atoms with Crippen molar-refractivity contribution in [2.45, 2.75) is 6.04 Å². The molecule has 2 heterocycles. The van der Waals surface area contributed by atoms with Crippen LogP contribution in [0.1, 0.15) is 17.2 Å². The lowest BCUT2D eigenvalue weighted by atomic mass is 9.98. The number of rotatable bonds is 2. The van der Waals surface area contributed by atoms with Crippen LogP contribution in [0.15, 0.2) is 42.7 Å². The van der Waals surface area contributed by atoms with Gasteiger partial charge in [0, 0.05) is 23.6 Å². The molecule has 3 rings (SSSR count). The molecule has 100 valence electrons. The Morgan fingerprint density at radius 3 is 2.70 bits per heavy atom. The van der Waals surface area contributed by atoms with Gasteiger partial charge in [-0.15, -0.1) is 0 Å². The van der Waals surface area contributed by atoms with Crippen LogP contribution in [0.25, 0.3) is 6.08 Å². The fourth-order valence-electron chi connectivity index (χ4n) is 2.29. The number of nitrogens with zero attached hydrogens (tertiary/aromatic N) is 2. The normalized spacial score (nSPS) is 16.9. The molecule has 0 amide bonds. The lowest BCUT2D eigenvalue weighted by Crippen LogP contribution is -2.28. The molecule has 0 fully saturated rings. The first-order chi connectivity index (χ1) is 9.70. The Bertz CT molecular complexity index is 685. The molecule has 0 saturated heterocycles. The van der Waals surface area contributed by atoms with Crippen LogP contribution in [0.2, 0.25) is 5.15 Å². The van der Waals surface area contributed by atoms with Gasteiger partial charge in [-0.2, -0.15) is 0 Å². The molecule has 1 aromatic carbocycles. The van der Waals surface area contributed by atoms with Crippen LogP contribution in [-0.4, -0.2) is 11.3 Å². The highest BCUT2D eigenvalue weighted by atomic mass is 35.5. The van der Waals surface area contributed by atoms with E-state index in [-0.39, 0.29) is 5.82 Å². The first-order valence-corrected chi connectivity index (χ1v) is 6.40. The van der Waals surface area contributed by atoms with Crippen molar-refractivity contribution in [3.05, 3.63) is 64.8 Å². The van der Waals surface area contributed by atoms with E-state index < -0.39 is 6.04 Å². The summed E-state index contributed by atoms with van der Waals surface area (Å²) in [4.78, 5) is 17.2. The number of halogens is 2. The molecule has 0 N–H and O–H groups in total. The SMILES string of the molecule is O=CC1c2c(ccnc2Cl)C=CN1c1ccc(F)cc1. The third kappa shape index (κ3) is 2.08. The maximum atomic E-state index is 13.0. The molecule has 1 unspecified atom stereocenters. The number of benzene rings is 1. The highest BCUT2D eigenvalue weighted by Crippen LogP contribution is 2.36. The lowest BCUT2D eigenvalue weighted by Gasteiger charge is -2.31. The molecule has 3 nitrogen and oxygen atoms in total. The van der Waals surface area contributed by atoms with E-state index in [0.717, 1.165) is 11.8 Å². The van der Waals surface area contributed by atoms with E-state index in [4.69, 9.17) is 11.6 Å². The minimum absolute atomic E-state index is 0.302. The predicted molar refractivity (Wildman–Crippen MR) is 76.0 cm³/mol. The smallest absolute Gasteiger partial charge is 0.147 e. The summed E-state index contributed by atoms with van der Waals surface area (Å²) < 4.78 is 13.0. The second-order valence-corrected chi connectivity index (χ2v) is 4.74. The molecule has 0 spiro atoms. The zero-order chi connectivity index (χ0) is 14.1. The summed E-state index contributed by atoms with van der Waals surface area (Å²) in [6, 6.07) is 7.17. The Morgan fingerprint density at radius 1 is 1.25 bits per heavy atom. The summed E-state index contributed by atoms with van der Waals surface area (Å²) in [6.45, 7) is 0. The molecule has 1 aliphatic rings. The largest absolute Gasteiger partial charge is 0.333 e. The number of hydrogen-bond donors (Lipinski definition) is 0. The topological polar surface area (TPSA) is 33.2 Å². The molecule has 0 radical (unpaired) electrons. The quantitative estimate of drug-likeness (QED) is 0.625. The average molecular weight is 289 g/mol. The van der Waals surface area contributed by atoms with Gasteiger partial charge in [0.15, 0.2) is 0 Å². The van der Waals surface area contributed by atoms with Crippen LogP contribution in [0.4, 0.5) is 10.1 Å². The van der Waals surface area contributed by atoms with Gasteiger partial charge in [-0.05, 0) is 42.0 Å². The van der Waals surface area contributed by atoms with Gasteiger partial charge in [0.05, 0.1) is 0 Å². The molecule has 2 aromatic rings. The highest BCUT2D eigenvalue weighted by molar-refractivity contribution is 6.30. The summed E-state index contributed by atoms with van der Waals surface area (Å²) >= 11 is 6.10. The Labute approximate surface area is 120 Å². The molecule has 20 heavy (non-hydrogen) atoms. The number of hydrogen-bond acceptors (Lipinski definition) is 3. The van der Waals surface area contributed by atoms with Crippen molar-refractivity contribution in [1.82, 2.24) is 4.98 Å². The zero-order valence-corrected chi connectivity index (χ0v) is 11.1. The Morgan fingerprint density at radius 2 is 2.00 bits per heavy atom. The number of pyridine rings is 1. The summed E-state index contributed by atoms with van der Waals surface area (Å²) in [5, 5.41) is 0.302. The molecule has 1 aliphatic heterocycles. The molecular formula is C15H10ClFN2O. The average Bonchev–Trinajstić information content (AvgIpc) is 2.47. The predicted octanol–water partition coefficient (Wildman–Crippen LogP) is 3.61. The molecule has 0 bridgehead atoms. The van der Waals surface area contributed by atoms with E-state index in [1.54, 1.807) is 35.5 Å². The van der Waals surface area contributed by atoms with Crippen LogP contribution in [0.5, 0.6) is 0 Å². The summed E-state index contributed by atoms with van der Waals surface area (Å²) in [5.74, 6) is -0.322. The van der Waals surface area contributed by atoms with Crippen LogP contribution < -0.4 is 4.90 Å². The van der Waals surface area contributed by atoms with Crippen molar-refractivity contribution in [3.63, 3.8) is 0 Å². The van der Waals surface area contributed by atoms with Crippen LogP contribution in [-0.2, 0) is 4.79 Å². The molecule has 0 aliphatic carbocycles. The fraction of sp³-hybridized carbons (Fsp3) is 0.0667. The zero-order valence-electron chi connectivity index (χ0n) is 10.3. The van der Waals surface area contributed by atoms with Crippen molar-refractivity contribution in [2.24, 2.45) is 0 Å². The minimum atomic E-state index is -0.568. The van der Waals surface area contributed by atoms with Gasteiger partial charge >= 0.3 is 0 Å². The third-order valence-electron chi connectivity index (χ3n) is 3.24. The van der Waals surface area contributed by atoms with Gasteiger partial charge in [-0.25, -0.2) is 9.37 Å². The van der Waals surface area contributed by atoms with Crippen LogP contribution in [0.3, 0.4) is 0 Å². The molecular weight excluding hydrogens is 279 g/mol. The van der Waals surface area contributed by atoms with Crippen LogP contribution in [0, 0.1) is 5.82 Å². The summed E-state index contributed by atoms with van der Waals surface area (Å²) in [5.41, 5.74) is 2.24. The van der Waals surface area contributed by atoms with Crippen molar-refractivity contribution in [3.8, 4) is 0 Å². The van der Waals surface area contributed by atoms with E-state index in [1.165, 1.54) is 12.1 Å². The Kier molecular flexibility index (Phi) is 3.24. The van der Waals surface area contributed by atoms with Gasteiger partial charge in [0.2, 0.25) is 0 Å². The van der Waals surface area contributed by atoms with Gasteiger partial charge in [0.25, 0.3) is 0 Å². The van der Waals surface area contributed by atoms with Gasteiger partial charge in [-0.3, -0.25) is 0 Å². The van der Waals surface area contributed by atoms with E-state index in [0.29, 0.717) is 16.4 Å². The summed E-state index contributed by atoms with van der Waals surface area (Å²) in [7, 11) is 0. The second-order valence-electron chi connectivity index (χ2n) is 4.39. The fourth-order valence-corrected chi connectivity index (χ4v) is 2.56. The minimum Gasteiger partial charge on any atom is -0.333 e. The number of carbonyl (C=O) groups excluding carboxylic acids is 1. The number of fused-ring (bicyclic) bond motifs is 1. The van der Waals surface area contributed by atoms with Crippen LogP contribution >= 0.6 is 11.6 Å². The number of anilines is 1. The number of carbonyl (C=O) groups is 1. The molecule has 0 saturated carbocycles. The Balaban J connectivity index is 2.09. The van der Waals surface area contributed by atoms with Gasteiger partial charge in [0.1, 0.15) is 23.3 Å². The number of aromatic nitrogens is 1. The van der Waals surface area contributed by atoms with E-state index in [2.05, 4.69) is 4.98 Å². The van der Waals surface area contributed by atoms with Gasteiger partial charge < -0.3 is 9.69 Å². The van der Waals surface area contributed by atoms with E-state index >= 15 is 0 Å². The Hall–Kier alpha value is -2.20. The highest BCUT2D eigenvalue weighted by Gasteiger charge is 2.27. The van der Waals surface area contributed by atoms with E-state index in [1.807, 2.05) is 6.08 Å². The maximum Gasteiger partial charge on any atom is 0.147 e. The molecule has 1 aromatic heterocycles. The second kappa shape index (κ2) is 5.06. The molecule has 5 heteroatoms.